The highest BCUT2D eigenvalue weighted by Crippen LogP contribution is 2.23. The molecule has 1 aromatic carbocycles. The van der Waals surface area contributed by atoms with Crippen LogP contribution in [0.15, 0.2) is 18.2 Å². The van der Waals surface area contributed by atoms with Gasteiger partial charge in [0.05, 0.1) is 18.6 Å². The third-order valence-electron chi connectivity index (χ3n) is 1.94. The predicted octanol–water partition coefficient (Wildman–Crippen LogP) is 2.46. The molecule has 0 heterocycles. The van der Waals surface area contributed by atoms with Crippen LogP contribution < -0.4 is 0 Å². The van der Waals surface area contributed by atoms with E-state index in [1.165, 1.54) is 0 Å². The predicted molar refractivity (Wildman–Crippen MR) is 51.4 cm³/mol. The largest absolute Gasteiger partial charge is 0.392 e. The summed E-state index contributed by atoms with van der Waals surface area (Å²) in [5.74, 6) is -0.235. The molecule has 0 aliphatic heterocycles. The van der Waals surface area contributed by atoms with Crippen LogP contribution in [0.1, 0.15) is 24.0 Å². The lowest BCUT2D eigenvalue weighted by atomic mass is 9.97. The van der Waals surface area contributed by atoms with Gasteiger partial charge in [-0.3, -0.25) is 0 Å². The van der Waals surface area contributed by atoms with Crippen molar-refractivity contribution in [2.24, 2.45) is 0 Å². The van der Waals surface area contributed by atoms with Crippen LogP contribution in [0.4, 0.5) is 0 Å². The zero-order valence-electron chi connectivity index (χ0n) is 7.29. The Morgan fingerprint density at radius 1 is 1.62 bits per heavy atom. The third-order valence-corrected chi connectivity index (χ3v) is 2.17. The number of aliphatic hydroxyl groups is 1. The van der Waals surface area contributed by atoms with E-state index in [1.807, 2.05) is 0 Å². The van der Waals surface area contributed by atoms with E-state index >= 15 is 0 Å². The molecule has 1 atom stereocenters. The molecule has 0 saturated carbocycles. The average Bonchev–Trinajstić information content (AvgIpc) is 2.16. The second kappa shape index (κ2) is 4.27. The molecule has 13 heavy (non-hydrogen) atoms. The van der Waals surface area contributed by atoms with E-state index in [0.29, 0.717) is 5.02 Å². The van der Waals surface area contributed by atoms with E-state index < -0.39 is 0 Å². The second-order valence-electron chi connectivity index (χ2n) is 2.85. The smallest absolute Gasteiger partial charge is 0.0701 e. The first-order valence-electron chi connectivity index (χ1n) is 3.98. The van der Waals surface area contributed by atoms with Gasteiger partial charge in [-0.15, -0.1) is 0 Å². The van der Waals surface area contributed by atoms with Crippen LogP contribution >= 0.6 is 11.6 Å². The Morgan fingerprint density at radius 3 is 2.85 bits per heavy atom. The first-order chi connectivity index (χ1) is 6.19. The van der Waals surface area contributed by atoms with Crippen LogP contribution in [0.25, 0.3) is 0 Å². The zero-order valence-corrected chi connectivity index (χ0v) is 8.04. The Bertz CT molecular complexity index is 343. The molecule has 1 N–H and O–H groups in total. The van der Waals surface area contributed by atoms with Gasteiger partial charge in [0.1, 0.15) is 0 Å². The fourth-order valence-electron chi connectivity index (χ4n) is 1.18. The maximum Gasteiger partial charge on any atom is 0.0701 e. The van der Waals surface area contributed by atoms with Crippen molar-refractivity contribution in [3.63, 3.8) is 0 Å². The Labute approximate surface area is 82.4 Å². The van der Waals surface area contributed by atoms with Gasteiger partial charge in [0.2, 0.25) is 0 Å². The fourth-order valence-corrected chi connectivity index (χ4v) is 1.36. The normalized spacial score (nSPS) is 12.2. The average molecular weight is 196 g/mol. The summed E-state index contributed by atoms with van der Waals surface area (Å²) in [6.45, 7) is 1.73. The van der Waals surface area contributed by atoms with Gasteiger partial charge in [0.15, 0.2) is 0 Å². The number of rotatable bonds is 2. The van der Waals surface area contributed by atoms with Crippen LogP contribution in [0.3, 0.4) is 0 Å². The molecule has 0 aliphatic carbocycles. The van der Waals surface area contributed by atoms with Gasteiger partial charge in [-0.1, -0.05) is 17.7 Å². The molecule has 0 aromatic heterocycles. The molecule has 0 radical (unpaired) electrons. The molecule has 0 bridgehead atoms. The number of halogens is 1. The van der Waals surface area contributed by atoms with Crippen molar-refractivity contribution in [2.45, 2.75) is 19.4 Å². The quantitative estimate of drug-likeness (QED) is 0.788. The minimum Gasteiger partial charge on any atom is -0.392 e. The maximum atomic E-state index is 9.00. The topological polar surface area (TPSA) is 44.0 Å². The lowest BCUT2D eigenvalue weighted by Gasteiger charge is -2.08. The molecule has 1 unspecified atom stereocenters. The van der Waals surface area contributed by atoms with Crippen LogP contribution in [-0.4, -0.2) is 5.11 Å². The van der Waals surface area contributed by atoms with Gasteiger partial charge in [-0.25, -0.2) is 0 Å². The van der Waals surface area contributed by atoms with E-state index in [-0.39, 0.29) is 12.5 Å². The van der Waals surface area contributed by atoms with E-state index in [2.05, 4.69) is 6.07 Å². The van der Waals surface area contributed by atoms with Gasteiger partial charge < -0.3 is 5.11 Å². The molecule has 0 fully saturated rings. The van der Waals surface area contributed by atoms with Crippen molar-refractivity contribution in [3.05, 3.63) is 34.3 Å². The number of nitriles is 1. The van der Waals surface area contributed by atoms with Crippen molar-refractivity contribution in [1.82, 2.24) is 0 Å². The van der Waals surface area contributed by atoms with Crippen LogP contribution in [0, 0.1) is 11.3 Å². The monoisotopic (exact) mass is 195 g/mol. The highest BCUT2D eigenvalue weighted by molar-refractivity contribution is 6.30. The molecular weight excluding hydrogens is 186 g/mol. The molecule has 0 spiro atoms. The van der Waals surface area contributed by atoms with Crippen molar-refractivity contribution in [1.29, 1.82) is 5.26 Å². The number of aliphatic hydroxyl groups excluding tert-OH is 1. The van der Waals surface area contributed by atoms with E-state index in [1.54, 1.807) is 25.1 Å². The summed E-state index contributed by atoms with van der Waals surface area (Å²) < 4.78 is 0. The Hall–Kier alpha value is -1.04. The number of hydrogen-bond donors (Lipinski definition) is 1. The molecule has 68 valence electrons. The molecule has 2 nitrogen and oxygen atoms in total. The second-order valence-corrected chi connectivity index (χ2v) is 3.29. The van der Waals surface area contributed by atoms with Crippen molar-refractivity contribution in [2.75, 3.05) is 0 Å². The lowest BCUT2D eigenvalue weighted by molar-refractivity contribution is 0.280. The maximum absolute atomic E-state index is 9.00. The first-order valence-corrected chi connectivity index (χ1v) is 4.35. The number of benzene rings is 1. The molecular formula is C10H10ClNO. The summed E-state index contributed by atoms with van der Waals surface area (Å²) in [4.78, 5) is 0. The van der Waals surface area contributed by atoms with Crippen LogP contribution in [0.2, 0.25) is 5.02 Å². The molecule has 0 saturated heterocycles. The number of nitrogens with zero attached hydrogens (tertiary/aromatic N) is 1. The summed E-state index contributed by atoms with van der Waals surface area (Å²) in [5.41, 5.74) is 1.57. The van der Waals surface area contributed by atoms with E-state index in [9.17, 15) is 0 Å². The first kappa shape index (κ1) is 10.0. The third kappa shape index (κ3) is 2.21. The Kier molecular flexibility index (Phi) is 3.30. The Morgan fingerprint density at radius 2 is 2.31 bits per heavy atom. The summed E-state index contributed by atoms with van der Waals surface area (Å²) in [6, 6.07) is 7.29. The minimum absolute atomic E-state index is 0.0570. The van der Waals surface area contributed by atoms with Gasteiger partial charge in [0.25, 0.3) is 0 Å². The molecule has 3 heteroatoms. The van der Waals surface area contributed by atoms with E-state index in [4.69, 9.17) is 22.0 Å². The van der Waals surface area contributed by atoms with Crippen molar-refractivity contribution < 1.29 is 5.11 Å². The fraction of sp³-hybridized carbons (Fsp3) is 0.300. The van der Waals surface area contributed by atoms with Gasteiger partial charge in [0, 0.05) is 5.02 Å². The zero-order chi connectivity index (χ0) is 9.84. The molecule has 0 amide bonds. The Balaban J connectivity index is 3.17. The minimum atomic E-state index is -0.235. The van der Waals surface area contributed by atoms with Gasteiger partial charge >= 0.3 is 0 Å². The van der Waals surface area contributed by atoms with Crippen molar-refractivity contribution in [3.8, 4) is 6.07 Å². The highest BCUT2D eigenvalue weighted by Gasteiger charge is 2.09. The summed E-state index contributed by atoms with van der Waals surface area (Å²) in [5, 5.41) is 18.3. The van der Waals surface area contributed by atoms with E-state index in [0.717, 1.165) is 11.1 Å². The van der Waals surface area contributed by atoms with Crippen LogP contribution in [-0.2, 0) is 6.61 Å². The summed E-state index contributed by atoms with van der Waals surface area (Å²) >= 11 is 5.78. The summed E-state index contributed by atoms with van der Waals surface area (Å²) in [6.07, 6.45) is 0. The summed E-state index contributed by atoms with van der Waals surface area (Å²) in [7, 11) is 0. The molecule has 1 rings (SSSR count). The van der Waals surface area contributed by atoms with Gasteiger partial charge in [-0.2, -0.15) is 5.26 Å². The lowest BCUT2D eigenvalue weighted by Crippen LogP contribution is -1.97. The highest BCUT2D eigenvalue weighted by atomic mass is 35.5. The van der Waals surface area contributed by atoms with Gasteiger partial charge in [-0.05, 0) is 30.2 Å². The molecule has 1 aromatic rings. The SMILES string of the molecule is CC(C#N)c1cc(Cl)ccc1CO. The van der Waals surface area contributed by atoms with Crippen molar-refractivity contribution >= 4 is 11.6 Å². The molecule has 0 aliphatic rings. The standard InChI is InChI=1S/C10H10ClNO/c1-7(5-12)10-4-9(11)3-2-8(10)6-13/h2-4,7,13H,6H2,1H3. The number of hydrogen-bond acceptors (Lipinski definition) is 2. The van der Waals surface area contributed by atoms with Crippen LogP contribution in [0.5, 0.6) is 0 Å².